The normalized spacial score (nSPS) is 32.2. The minimum Gasteiger partial charge on any atom is -0.393 e. The Morgan fingerprint density at radius 3 is 2.88 bits per heavy atom. The summed E-state index contributed by atoms with van der Waals surface area (Å²) < 4.78 is 0. The van der Waals surface area contributed by atoms with E-state index < -0.39 is 0 Å². The smallest absolute Gasteiger partial charge is 0.0570 e. The summed E-state index contributed by atoms with van der Waals surface area (Å²) in [6.07, 6.45) is 4.21. The number of nitrogens with one attached hydrogen (secondary N) is 1. The third-order valence-corrected chi connectivity index (χ3v) is 3.93. The number of rotatable bonds is 2. The first-order chi connectivity index (χ1) is 7.72. The van der Waals surface area contributed by atoms with Gasteiger partial charge in [-0.1, -0.05) is 23.8 Å². The van der Waals surface area contributed by atoms with Gasteiger partial charge >= 0.3 is 0 Å². The first kappa shape index (κ1) is 10.3. The van der Waals surface area contributed by atoms with Gasteiger partial charge in [-0.25, -0.2) is 0 Å². The fourth-order valence-corrected chi connectivity index (χ4v) is 2.90. The molecular formula is C14H19NO. The Balaban J connectivity index is 1.73. The fraction of sp³-hybridized carbons (Fsp3) is 0.571. The van der Waals surface area contributed by atoms with E-state index in [2.05, 4.69) is 30.4 Å². The van der Waals surface area contributed by atoms with Gasteiger partial charge < -0.3 is 10.4 Å². The topological polar surface area (TPSA) is 32.3 Å². The SMILES string of the molecule is Cc1ccc2c(c1)C(NC1CC(O)C1)CC2. The summed E-state index contributed by atoms with van der Waals surface area (Å²) in [6.45, 7) is 2.16. The molecule has 0 heterocycles. The second kappa shape index (κ2) is 3.86. The molecule has 2 heteroatoms. The van der Waals surface area contributed by atoms with Crippen LogP contribution in [0.2, 0.25) is 0 Å². The van der Waals surface area contributed by atoms with Crippen molar-refractivity contribution in [3.05, 3.63) is 34.9 Å². The lowest BCUT2D eigenvalue weighted by atomic mass is 9.88. The predicted molar refractivity (Wildman–Crippen MR) is 64.4 cm³/mol. The van der Waals surface area contributed by atoms with Crippen LogP contribution in [0.25, 0.3) is 0 Å². The summed E-state index contributed by atoms with van der Waals surface area (Å²) in [5.41, 5.74) is 4.34. The third kappa shape index (κ3) is 1.76. The van der Waals surface area contributed by atoms with Crippen molar-refractivity contribution in [2.75, 3.05) is 0 Å². The Hall–Kier alpha value is -0.860. The highest BCUT2D eigenvalue weighted by atomic mass is 16.3. The zero-order valence-corrected chi connectivity index (χ0v) is 9.74. The molecule has 0 radical (unpaired) electrons. The molecule has 1 fully saturated rings. The van der Waals surface area contributed by atoms with Crippen molar-refractivity contribution in [3.8, 4) is 0 Å². The van der Waals surface area contributed by atoms with Crippen LogP contribution in [0.5, 0.6) is 0 Å². The monoisotopic (exact) mass is 217 g/mol. The number of hydrogen-bond donors (Lipinski definition) is 2. The van der Waals surface area contributed by atoms with Crippen molar-refractivity contribution in [1.29, 1.82) is 0 Å². The zero-order chi connectivity index (χ0) is 11.1. The van der Waals surface area contributed by atoms with Crippen LogP contribution < -0.4 is 5.32 Å². The minimum atomic E-state index is -0.0594. The van der Waals surface area contributed by atoms with Crippen LogP contribution >= 0.6 is 0 Å². The molecule has 1 unspecified atom stereocenters. The van der Waals surface area contributed by atoms with Crippen molar-refractivity contribution < 1.29 is 5.11 Å². The first-order valence-electron chi connectivity index (χ1n) is 6.26. The summed E-state index contributed by atoms with van der Waals surface area (Å²) in [5, 5.41) is 13.0. The average molecular weight is 217 g/mol. The molecule has 2 nitrogen and oxygen atoms in total. The van der Waals surface area contributed by atoms with E-state index in [0.717, 1.165) is 12.8 Å². The molecule has 0 bridgehead atoms. The fourth-order valence-electron chi connectivity index (χ4n) is 2.90. The average Bonchev–Trinajstić information content (AvgIpc) is 2.59. The van der Waals surface area contributed by atoms with Crippen molar-refractivity contribution in [3.63, 3.8) is 0 Å². The van der Waals surface area contributed by atoms with E-state index >= 15 is 0 Å². The molecule has 0 saturated heterocycles. The molecule has 2 N–H and O–H groups in total. The minimum absolute atomic E-state index is 0.0594. The summed E-state index contributed by atoms with van der Waals surface area (Å²) in [4.78, 5) is 0. The molecule has 0 aromatic heterocycles. The number of hydrogen-bond acceptors (Lipinski definition) is 2. The largest absolute Gasteiger partial charge is 0.393 e. The van der Waals surface area contributed by atoms with Gasteiger partial charge in [0.1, 0.15) is 0 Å². The first-order valence-corrected chi connectivity index (χ1v) is 6.26. The van der Waals surface area contributed by atoms with Crippen LogP contribution in [0.1, 0.15) is 42.0 Å². The number of aliphatic hydroxyl groups excluding tert-OH is 1. The molecule has 3 rings (SSSR count). The van der Waals surface area contributed by atoms with Crippen LogP contribution in [0.15, 0.2) is 18.2 Å². The quantitative estimate of drug-likeness (QED) is 0.795. The van der Waals surface area contributed by atoms with Crippen LogP contribution in [-0.4, -0.2) is 17.3 Å². The van der Waals surface area contributed by atoms with Crippen molar-refractivity contribution in [1.82, 2.24) is 5.32 Å². The molecule has 1 aromatic rings. The van der Waals surface area contributed by atoms with Gasteiger partial charge in [0.2, 0.25) is 0 Å². The highest BCUT2D eigenvalue weighted by molar-refractivity contribution is 5.37. The van der Waals surface area contributed by atoms with Crippen molar-refractivity contribution in [2.45, 2.75) is 50.8 Å². The van der Waals surface area contributed by atoms with E-state index in [1.807, 2.05) is 0 Å². The van der Waals surface area contributed by atoms with Crippen molar-refractivity contribution in [2.24, 2.45) is 0 Å². The van der Waals surface area contributed by atoms with Crippen LogP contribution in [0.3, 0.4) is 0 Å². The summed E-state index contributed by atoms with van der Waals surface area (Å²) in [7, 11) is 0. The van der Waals surface area contributed by atoms with Crippen LogP contribution in [0, 0.1) is 6.92 Å². The predicted octanol–water partition coefficient (Wildman–Crippen LogP) is 2.10. The third-order valence-electron chi connectivity index (χ3n) is 3.93. The Bertz CT molecular complexity index is 396. The molecular weight excluding hydrogens is 198 g/mol. The van der Waals surface area contributed by atoms with E-state index in [1.54, 1.807) is 0 Å². The molecule has 86 valence electrons. The van der Waals surface area contributed by atoms with Gasteiger partial charge in [0.05, 0.1) is 6.10 Å². The molecule has 0 spiro atoms. The molecule has 0 amide bonds. The highest BCUT2D eigenvalue weighted by Gasteiger charge is 2.31. The zero-order valence-electron chi connectivity index (χ0n) is 9.74. The van der Waals surface area contributed by atoms with E-state index in [-0.39, 0.29) is 6.10 Å². The molecule has 2 aliphatic rings. The number of benzene rings is 1. The van der Waals surface area contributed by atoms with Crippen LogP contribution in [0.4, 0.5) is 0 Å². The van der Waals surface area contributed by atoms with E-state index in [0.29, 0.717) is 12.1 Å². The summed E-state index contributed by atoms with van der Waals surface area (Å²) in [5.74, 6) is 0. The molecule has 1 saturated carbocycles. The second-order valence-corrected chi connectivity index (χ2v) is 5.28. The maximum atomic E-state index is 9.29. The van der Waals surface area contributed by atoms with Gasteiger partial charge in [0, 0.05) is 12.1 Å². The van der Waals surface area contributed by atoms with Gasteiger partial charge in [-0.15, -0.1) is 0 Å². The van der Waals surface area contributed by atoms with Gasteiger partial charge in [-0.05, 0) is 43.7 Å². The lowest BCUT2D eigenvalue weighted by Crippen LogP contribution is -2.45. The molecule has 1 aromatic carbocycles. The highest BCUT2D eigenvalue weighted by Crippen LogP contribution is 2.34. The van der Waals surface area contributed by atoms with E-state index in [1.165, 1.54) is 29.5 Å². The number of fused-ring (bicyclic) bond motifs is 1. The Morgan fingerprint density at radius 2 is 2.12 bits per heavy atom. The lowest BCUT2D eigenvalue weighted by molar-refractivity contribution is 0.0577. The Kier molecular flexibility index (Phi) is 2.49. The van der Waals surface area contributed by atoms with E-state index in [4.69, 9.17) is 0 Å². The standard InChI is InChI=1S/C14H19NO/c1-9-2-3-10-4-5-14(13(10)6-9)15-11-7-12(16)8-11/h2-3,6,11-12,14-16H,4-5,7-8H2,1H3. The molecule has 1 atom stereocenters. The van der Waals surface area contributed by atoms with Gasteiger partial charge in [-0.3, -0.25) is 0 Å². The second-order valence-electron chi connectivity index (χ2n) is 5.28. The Labute approximate surface area is 96.7 Å². The van der Waals surface area contributed by atoms with Crippen LogP contribution in [-0.2, 0) is 6.42 Å². The summed E-state index contributed by atoms with van der Waals surface area (Å²) >= 11 is 0. The van der Waals surface area contributed by atoms with E-state index in [9.17, 15) is 5.11 Å². The van der Waals surface area contributed by atoms with Gasteiger partial charge in [-0.2, -0.15) is 0 Å². The summed E-state index contributed by atoms with van der Waals surface area (Å²) in [6, 6.07) is 7.84. The molecule has 16 heavy (non-hydrogen) atoms. The molecule has 0 aliphatic heterocycles. The Morgan fingerprint density at radius 1 is 1.31 bits per heavy atom. The van der Waals surface area contributed by atoms with Gasteiger partial charge in [0.25, 0.3) is 0 Å². The number of aliphatic hydroxyl groups is 1. The van der Waals surface area contributed by atoms with Crippen molar-refractivity contribution >= 4 is 0 Å². The maximum Gasteiger partial charge on any atom is 0.0570 e. The maximum absolute atomic E-state index is 9.29. The lowest BCUT2D eigenvalue weighted by Gasteiger charge is -2.34. The molecule has 2 aliphatic carbocycles. The van der Waals surface area contributed by atoms with Gasteiger partial charge in [0.15, 0.2) is 0 Å². The number of aryl methyl sites for hydroxylation is 2.